The number of rotatable bonds is 10. The summed E-state index contributed by atoms with van der Waals surface area (Å²) < 4.78 is 5.29. The summed E-state index contributed by atoms with van der Waals surface area (Å²) in [5.41, 5.74) is 1.36. The Hall–Kier alpha value is -1.02. The molecule has 1 rings (SSSR count). The Morgan fingerprint density at radius 3 is 2.68 bits per heavy atom. The van der Waals surface area contributed by atoms with Crippen molar-refractivity contribution in [3.05, 3.63) is 29.8 Å². The normalized spacial score (nSPS) is 12.4. The highest BCUT2D eigenvalue weighted by Gasteiger charge is 2.08. The molecular formula is C17H29NO. The molecule has 0 amide bonds. The van der Waals surface area contributed by atoms with Gasteiger partial charge in [-0.1, -0.05) is 51.7 Å². The number of methoxy groups -OCH3 is 1. The highest BCUT2D eigenvalue weighted by atomic mass is 16.5. The van der Waals surface area contributed by atoms with Crippen LogP contribution in [-0.2, 0) is 6.42 Å². The fourth-order valence-corrected chi connectivity index (χ4v) is 2.47. The van der Waals surface area contributed by atoms with Crippen molar-refractivity contribution in [2.75, 3.05) is 13.7 Å². The minimum atomic E-state index is 0.592. The lowest BCUT2D eigenvalue weighted by Crippen LogP contribution is -2.30. The van der Waals surface area contributed by atoms with Gasteiger partial charge in [-0.05, 0) is 37.1 Å². The van der Waals surface area contributed by atoms with E-state index >= 15 is 0 Å². The summed E-state index contributed by atoms with van der Waals surface area (Å²) in [5, 5.41) is 3.60. The van der Waals surface area contributed by atoms with Gasteiger partial charge in [0.05, 0.1) is 7.11 Å². The monoisotopic (exact) mass is 263 g/mol. The predicted octanol–water partition coefficient (Wildman–Crippen LogP) is 4.19. The SMILES string of the molecule is CCCCCCC(Cc1cccc(OC)c1)NCC. The molecule has 0 aliphatic rings. The van der Waals surface area contributed by atoms with Crippen molar-refractivity contribution < 1.29 is 4.74 Å². The van der Waals surface area contributed by atoms with Crippen molar-refractivity contribution in [3.8, 4) is 5.75 Å². The topological polar surface area (TPSA) is 21.3 Å². The quantitative estimate of drug-likeness (QED) is 0.639. The Morgan fingerprint density at radius 2 is 2.00 bits per heavy atom. The lowest BCUT2D eigenvalue weighted by atomic mass is 10.00. The lowest BCUT2D eigenvalue weighted by molar-refractivity contribution is 0.413. The molecule has 0 aliphatic carbocycles. The van der Waals surface area contributed by atoms with E-state index in [9.17, 15) is 0 Å². The van der Waals surface area contributed by atoms with Crippen LogP contribution in [0.5, 0.6) is 5.75 Å². The van der Waals surface area contributed by atoms with Gasteiger partial charge in [-0.3, -0.25) is 0 Å². The van der Waals surface area contributed by atoms with E-state index < -0.39 is 0 Å². The minimum Gasteiger partial charge on any atom is -0.497 e. The molecule has 0 saturated heterocycles. The van der Waals surface area contributed by atoms with E-state index in [0.29, 0.717) is 6.04 Å². The molecule has 0 bridgehead atoms. The number of benzene rings is 1. The zero-order valence-corrected chi connectivity index (χ0v) is 12.7. The third-order valence-corrected chi connectivity index (χ3v) is 3.52. The van der Waals surface area contributed by atoms with Crippen molar-refractivity contribution >= 4 is 0 Å². The fraction of sp³-hybridized carbons (Fsp3) is 0.647. The molecule has 2 nitrogen and oxygen atoms in total. The van der Waals surface area contributed by atoms with Crippen LogP contribution in [0.3, 0.4) is 0 Å². The van der Waals surface area contributed by atoms with E-state index in [2.05, 4.69) is 37.4 Å². The van der Waals surface area contributed by atoms with E-state index in [1.807, 2.05) is 6.07 Å². The van der Waals surface area contributed by atoms with Crippen LogP contribution in [0.2, 0.25) is 0 Å². The number of ether oxygens (including phenoxy) is 1. The summed E-state index contributed by atoms with van der Waals surface area (Å²) in [6, 6.07) is 9.02. The van der Waals surface area contributed by atoms with Crippen LogP contribution < -0.4 is 10.1 Å². The third kappa shape index (κ3) is 6.63. The summed E-state index contributed by atoms with van der Waals surface area (Å²) in [6.07, 6.45) is 7.72. The molecule has 1 atom stereocenters. The van der Waals surface area contributed by atoms with E-state index in [0.717, 1.165) is 18.7 Å². The molecule has 19 heavy (non-hydrogen) atoms. The van der Waals surface area contributed by atoms with Crippen molar-refractivity contribution in [1.82, 2.24) is 5.32 Å². The maximum absolute atomic E-state index is 5.29. The molecule has 1 aromatic carbocycles. The van der Waals surface area contributed by atoms with Crippen molar-refractivity contribution in [3.63, 3.8) is 0 Å². The van der Waals surface area contributed by atoms with Crippen LogP contribution in [0, 0.1) is 0 Å². The zero-order chi connectivity index (χ0) is 13.9. The second kappa shape index (κ2) is 9.85. The van der Waals surface area contributed by atoms with E-state index in [1.165, 1.54) is 37.7 Å². The molecule has 0 aliphatic heterocycles. The Kier molecular flexibility index (Phi) is 8.31. The molecule has 0 saturated carbocycles. The molecular weight excluding hydrogens is 234 g/mol. The van der Waals surface area contributed by atoms with Gasteiger partial charge >= 0.3 is 0 Å². The van der Waals surface area contributed by atoms with Crippen LogP contribution in [0.15, 0.2) is 24.3 Å². The largest absolute Gasteiger partial charge is 0.497 e. The van der Waals surface area contributed by atoms with Crippen LogP contribution in [0.25, 0.3) is 0 Å². The second-order valence-electron chi connectivity index (χ2n) is 5.16. The number of likely N-dealkylation sites (N-methyl/N-ethyl adjacent to an activating group) is 1. The molecule has 1 aromatic rings. The molecule has 0 fully saturated rings. The van der Waals surface area contributed by atoms with Gasteiger partial charge in [0.2, 0.25) is 0 Å². The van der Waals surface area contributed by atoms with Crippen LogP contribution in [0.1, 0.15) is 51.5 Å². The second-order valence-corrected chi connectivity index (χ2v) is 5.16. The number of unbranched alkanes of at least 4 members (excludes halogenated alkanes) is 3. The summed E-state index contributed by atoms with van der Waals surface area (Å²) in [5.74, 6) is 0.957. The van der Waals surface area contributed by atoms with Crippen LogP contribution in [-0.4, -0.2) is 19.7 Å². The highest BCUT2D eigenvalue weighted by Crippen LogP contribution is 2.16. The summed E-state index contributed by atoms with van der Waals surface area (Å²) in [7, 11) is 1.73. The molecule has 2 heteroatoms. The third-order valence-electron chi connectivity index (χ3n) is 3.52. The van der Waals surface area contributed by atoms with Crippen molar-refractivity contribution in [2.45, 2.75) is 58.4 Å². The highest BCUT2D eigenvalue weighted by molar-refractivity contribution is 5.28. The standard InChI is InChI=1S/C17H29NO/c1-4-6-7-8-11-16(18-5-2)13-15-10-9-12-17(14-15)19-3/h9-10,12,14,16,18H,4-8,11,13H2,1-3H3. The first-order valence-corrected chi connectivity index (χ1v) is 7.66. The first kappa shape index (κ1) is 16.0. The molecule has 0 radical (unpaired) electrons. The van der Waals surface area contributed by atoms with Gasteiger partial charge in [0.25, 0.3) is 0 Å². The lowest BCUT2D eigenvalue weighted by Gasteiger charge is -2.18. The Labute approximate surface area is 118 Å². The van der Waals surface area contributed by atoms with Gasteiger partial charge in [-0.25, -0.2) is 0 Å². The molecule has 1 N–H and O–H groups in total. The molecule has 1 unspecified atom stereocenters. The number of hydrogen-bond acceptors (Lipinski definition) is 2. The Balaban J connectivity index is 2.46. The average Bonchev–Trinajstić information content (AvgIpc) is 2.44. The zero-order valence-electron chi connectivity index (χ0n) is 12.7. The fourth-order valence-electron chi connectivity index (χ4n) is 2.47. The summed E-state index contributed by atoms with van der Waals surface area (Å²) >= 11 is 0. The summed E-state index contributed by atoms with van der Waals surface area (Å²) in [6.45, 7) is 5.49. The minimum absolute atomic E-state index is 0.592. The predicted molar refractivity (Wildman–Crippen MR) is 82.9 cm³/mol. The molecule has 0 aromatic heterocycles. The smallest absolute Gasteiger partial charge is 0.119 e. The van der Waals surface area contributed by atoms with E-state index in [1.54, 1.807) is 7.11 Å². The average molecular weight is 263 g/mol. The first-order valence-electron chi connectivity index (χ1n) is 7.66. The van der Waals surface area contributed by atoms with Crippen LogP contribution in [0.4, 0.5) is 0 Å². The summed E-state index contributed by atoms with van der Waals surface area (Å²) in [4.78, 5) is 0. The van der Waals surface area contributed by atoms with E-state index in [4.69, 9.17) is 4.74 Å². The van der Waals surface area contributed by atoms with Gasteiger partial charge in [-0.15, -0.1) is 0 Å². The molecule has 108 valence electrons. The van der Waals surface area contributed by atoms with Crippen molar-refractivity contribution in [1.29, 1.82) is 0 Å². The van der Waals surface area contributed by atoms with Crippen LogP contribution >= 0.6 is 0 Å². The van der Waals surface area contributed by atoms with Gasteiger partial charge in [0, 0.05) is 6.04 Å². The maximum Gasteiger partial charge on any atom is 0.119 e. The van der Waals surface area contributed by atoms with E-state index in [-0.39, 0.29) is 0 Å². The number of nitrogens with one attached hydrogen (secondary N) is 1. The Bertz CT molecular complexity index is 338. The van der Waals surface area contributed by atoms with Gasteiger partial charge in [0.1, 0.15) is 5.75 Å². The number of hydrogen-bond donors (Lipinski definition) is 1. The maximum atomic E-state index is 5.29. The molecule has 0 spiro atoms. The Morgan fingerprint density at radius 1 is 1.16 bits per heavy atom. The first-order chi connectivity index (χ1) is 9.30. The molecule has 0 heterocycles. The van der Waals surface area contributed by atoms with Crippen molar-refractivity contribution in [2.24, 2.45) is 0 Å². The van der Waals surface area contributed by atoms with Gasteiger partial charge < -0.3 is 10.1 Å². The van der Waals surface area contributed by atoms with Gasteiger partial charge in [0.15, 0.2) is 0 Å². The van der Waals surface area contributed by atoms with Gasteiger partial charge in [-0.2, -0.15) is 0 Å².